The quantitative estimate of drug-likeness (QED) is 0.587. The van der Waals surface area contributed by atoms with Gasteiger partial charge in [0.25, 0.3) is 11.1 Å². The van der Waals surface area contributed by atoms with Gasteiger partial charge in [-0.3, -0.25) is 19.3 Å². The van der Waals surface area contributed by atoms with E-state index in [-0.39, 0.29) is 17.2 Å². The van der Waals surface area contributed by atoms with Crippen LogP contribution in [0.2, 0.25) is 0 Å². The Bertz CT molecular complexity index is 943. The van der Waals surface area contributed by atoms with E-state index in [1.165, 1.54) is 18.2 Å². The number of aromatic hydroxyl groups is 1. The number of nitrogens with zero attached hydrogens (tertiary/aromatic N) is 1. The predicted octanol–water partition coefficient (Wildman–Crippen LogP) is 3.79. The van der Waals surface area contributed by atoms with Crippen LogP contribution in [0.4, 0.5) is 10.5 Å². The van der Waals surface area contributed by atoms with E-state index in [1.54, 1.807) is 30.0 Å². The van der Waals surface area contributed by atoms with Crippen molar-refractivity contribution in [3.05, 3.63) is 59.0 Å². The number of phenolic OH excluding ortho intramolecular Hbond substituents is 1. The van der Waals surface area contributed by atoms with Crippen molar-refractivity contribution >= 4 is 52.3 Å². The molecule has 8 heteroatoms. The fraction of sp³-hybridized carbons (Fsp3) is 0.105. The molecule has 138 valence electrons. The van der Waals surface area contributed by atoms with Crippen molar-refractivity contribution in [3.8, 4) is 5.75 Å². The van der Waals surface area contributed by atoms with Gasteiger partial charge in [-0.2, -0.15) is 0 Å². The van der Waals surface area contributed by atoms with Crippen LogP contribution in [0.3, 0.4) is 0 Å². The van der Waals surface area contributed by atoms with Crippen LogP contribution in [0, 0.1) is 0 Å². The molecule has 1 aliphatic heterocycles. The number of imide groups is 1. The number of hydrogen-bond acceptors (Lipinski definition) is 6. The number of thioether (sulfide) groups is 2. The van der Waals surface area contributed by atoms with E-state index in [0.29, 0.717) is 11.3 Å². The Balaban J connectivity index is 1.69. The third-order valence-electron chi connectivity index (χ3n) is 3.70. The first kappa shape index (κ1) is 19.1. The molecule has 0 aliphatic carbocycles. The maximum absolute atomic E-state index is 12.5. The molecule has 0 saturated carbocycles. The molecular weight excluding hydrogens is 384 g/mol. The molecule has 6 nitrogen and oxygen atoms in total. The van der Waals surface area contributed by atoms with Crippen LogP contribution in [0.25, 0.3) is 6.08 Å². The van der Waals surface area contributed by atoms with E-state index in [9.17, 15) is 19.5 Å². The van der Waals surface area contributed by atoms with E-state index >= 15 is 0 Å². The summed E-state index contributed by atoms with van der Waals surface area (Å²) in [6, 6.07) is 13.6. The second kappa shape index (κ2) is 8.32. The molecule has 0 spiro atoms. The van der Waals surface area contributed by atoms with E-state index < -0.39 is 17.1 Å². The summed E-state index contributed by atoms with van der Waals surface area (Å²) in [6.45, 7) is -0.356. The largest absolute Gasteiger partial charge is 0.508 e. The number of amides is 3. The average Bonchev–Trinajstić information content (AvgIpc) is 2.89. The fourth-order valence-electron chi connectivity index (χ4n) is 2.45. The lowest BCUT2D eigenvalue weighted by molar-refractivity contribution is -0.127. The molecule has 2 aromatic carbocycles. The van der Waals surface area contributed by atoms with Crippen LogP contribution in [0.1, 0.15) is 5.56 Å². The number of hydrogen-bond donors (Lipinski definition) is 2. The van der Waals surface area contributed by atoms with Crippen molar-refractivity contribution in [2.45, 2.75) is 4.90 Å². The summed E-state index contributed by atoms with van der Waals surface area (Å²) < 4.78 is 0. The first-order valence-electron chi connectivity index (χ1n) is 7.94. The van der Waals surface area contributed by atoms with Crippen LogP contribution < -0.4 is 5.32 Å². The normalized spacial score (nSPS) is 15.4. The molecule has 0 bridgehead atoms. The van der Waals surface area contributed by atoms with Gasteiger partial charge in [0.05, 0.1) is 4.91 Å². The van der Waals surface area contributed by atoms with Gasteiger partial charge in [-0.15, -0.1) is 11.8 Å². The molecule has 3 amide bonds. The molecule has 0 radical (unpaired) electrons. The molecule has 0 atom stereocenters. The maximum atomic E-state index is 12.5. The Morgan fingerprint density at radius 2 is 2.00 bits per heavy atom. The summed E-state index contributed by atoms with van der Waals surface area (Å²) in [5.41, 5.74) is 1.20. The SMILES string of the molecule is CSc1cccc(NC(=O)CN2C(=O)S/C(=C/c3cccc(O)c3)C2=O)c1. The molecule has 1 saturated heterocycles. The van der Waals surface area contributed by atoms with Crippen molar-refractivity contribution in [1.29, 1.82) is 0 Å². The number of benzene rings is 2. The summed E-state index contributed by atoms with van der Waals surface area (Å²) in [5, 5.41) is 11.7. The Hall–Kier alpha value is -2.71. The van der Waals surface area contributed by atoms with Crippen molar-refractivity contribution in [1.82, 2.24) is 4.90 Å². The van der Waals surface area contributed by atoms with Crippen LogP contribution in [-0.4, -0.2) is 39.9 Å². The zero-order valence-corrected chi connectivity index (χ0v) is 16.0. The topological polar surface area (TPSA) is 86.7 Å². The summed E-state index contributed by atoms with van der Waals surface area (Å²) in [6.07, 6.45) is 3.45. The van der Waals surface area contributed by atoms with Gasteiger partial charge in [-0.25, -0.2) is 0 Å². The van der Waals surface area contributed by atoms with Gasteiger partial charge < -0.3 is 10.4 Å². The van der Waals surface area contributed by atoms with Gasteiger partial charge in [0.15, 0.2) is 0 Å². The average molecular weight is 400 g/mol. The summed E-state index contributed by atoms with van der Waals surface area (Å²) >= 11 is 2.32. The second-order valence-corrected chi connectivity index (χ2v) is 7.52. The highest BCUT2D eigenvalue weighted by Crippen LogP contribution is 2.32. The van der Waals surface area contributed by atoms with E-state index in [1.807, 2.05) is 24.5 Å². The molecule has 27 heavy (non-hydrogen) atoms. The minimum Gasteiger partial charge on any atom is -0.508 e. The van der Waals surface area contributed by atoms with Gasteiger partial charge in [0.2, 0.25) is 5.91 Å². The Morgan fingerprint density at radius 3 is 2.74 bits per heavy atom. The van der Waals surface area contributed by atoms with Gasteiger partial charge in [0, 0.05) is 10.6 Å². The van der Waals surface area contributed by atoms with Crippen molar-refractivity contribution < 1.29 is 19.5 Å². The van der Waals surface area contributed by atoms with Crippen LogP contribution in [0.15, 0.2) is 58.3 Å². The third-order valence-corrected chi connectivity index (χ3v) is 5.33. The Morgan fingerprint density at radius 1 is 1.22 bits per heavy atom. The summed E-state index contributed by atoms with van der Waals surface area (Å²) in [4.78, 5) is 39.0. The second-order valence-electron chi connectivity index (χ2n) is 5.64. The molecule has 0 unspecified atom stereocenters. The standard InChI is InChI=1S/C19H16N2O4S2/c1-26-15-7-3-5-13(10-15)20-17(23)11-21-18(24)16(27-19(21)25)9-12-4-2-6-14(22)8-12/h2-10,22H,11H2,1H3,(H,20,23)/b16-9+. The highest BCUT2D eigenvalue weighted by atomic mass is 32.2. The number of phenols is 1. The summed E-state index contributed by atoms with van der Waals surface area (Å²) in [5.74, 6) is -0.912. The van der Waals surface area contributed by atoms with E-state index in [2.05, 4.69) is 5.32 Å². The zero-order valence-electron chi connectivity index (χ0n) is 14.3. The molecule has 2 N–H and O–H groups in total. The number of carbonyl (C=O) groups is 3. The van der Waals surface area contributed by atoms with Crippen LogP contribution in [-0.2, 0) is 9.59 Å². The summed E-state index contributed by atoms with van der Waals surface area (Å²) in [7, 11) is 0. The molecule has 3 rings (SSSR count). The van der Waals surface area contributed by atoms with Crippen LogP contribution in [0.5, 0.6) is 5.75 Å². The first-order valence-corrected chi connectivity index (χ1v) is 9.98. The maximum Gasteiger partial charge on any atom is 0.294 e. The monoisotopic (exact) mass is 400 g/mol. The van der Waals surface area contributed by atoms with Gasteiger partial charge in [-0.05, 0) is 60.0 Å². The van der Waals surface area contributed by atoms with E-state index in [4.69, 9.17) is 0 Å². The van der Waals surface area contributed by atoms with Gasteiger partial charge >= 0.3 is 0 Å². The van der Waals surface area contributed by atoms with Crippen molar-refractivity contribution in [2.75, 3.05) is 18.1 Å². The molecule has 1 heterocycles. The Kier molecular flexibility index (Phi) is 5.88. The van der Waals surface area contributed by atoms with Gasteiger partial charge in [0.1, 0.15) is 12.3 Å². The number of rotatable bonds is 5. The number of anilines is 1. The molecule has 2 aromatic rings. The van der Waals surface area contributed by atoms with Crippen LogP contribution >= 0.6 is 23.5 Å². The molecule has 1 fully saturated rings. The van der Waals surface area contributed by atoms with Crippen molar-refractivity contribution in [3.63, 3.8) is 0 Å². The van der Waals surface area contributed by atoms with E-state index in [0.717, 1.165) is 21.6 Å². The highest BCUT2D eigenvalue weighted by molar-refractivity contribution is 8.18. The minimum atomic E-state index is -0.527. The zero-order chi connectivity index (χ0) is 19.4. The molecule has 0 aromatic heterocycles. The Labute approximate surface area is 164 Å². The minimum absolute atomic E-state index is 0.0647. The molecular formula is C19H16N2O4S2. The smallest absolute Gasteiger partial charge is 0.294 e. The molecule has 1 aliphatic rings. The number of nitrogens with one attached hydrogen (secondary N) is 1. The predicted molar refractivity (Wildman–Crippen MR) is 108 cm³/mol. The lowest BCUT2D eigenvalue weighted by atomic mass is 10.2. The van der Waals surface area contributed by atoms with Crippen molar-refractivity contribution in [2.24, 2.45) is 0 Å². The fourth-order valence-corrected chi connectivity index (χ4v) is 3.74. The first-order chi connectivity index (χ1) is 13.0. The lowest BCUT2D eigenvalue weighted by Gasteiger charge is -2.12. The highest BCUT2D eigenvalue weighted by Gasteiger charge is 2.36. The number of carbonyl (C=O) groups excluding carboxylic acids is 3. The lowest BCUT2D eigenvalue weighted by Crippen LogP contribution is -2.36. The van der Waals surface area contributed by atoms with Gasteiger partial charge in [-0.1, -0.05) is 18.2 Å². The third kappa shape index (κ3) is 4.72.